The average Bonchev–Trinajstić information content (AvgIpc) is 2.52. The maximum absolute atomic E-state index is 12.1. The van der Waals surface area contributed by atoms with Crippen LogP contribution in [0.1, 0.15) is 0 Å². The van der Waals surface area contributed by atoms with E-state index >= 15 is 0 Å². The zero-order valence-electron chi connectivity index (χ0n) is 18.7. The van der Waals surface area contributed by atoms with Crippen molar-refractivity contribution in [3.63, 3.8) is 0 Å². The monoisotopic (exact) mass is 430 g/mol. The van der Waals surface area contributed by atoms with Gasteiger partial charge in [-0.05, 0) is 17.0 Å². The molecule has 0 heterocycles. The summed E-state index contributed by atoms with van der Waals surface area (Å²) in [6.07, 6.45) is 0. The van der Waals surface area contributed by atoms with Crippen LogP contribution in [0.2, 0.25) is 62.8 Å². The summed E-state index contributed by atoms with van der Waals surface area (Å²) in [7, 11) is -8.32. The number of rotatable bonds is 6. The number of hydrogen-bond donors (Lipinski definition) is 1. The third-order valence-electron chi connectivity index (χ3n) is 6.62. The van der Waals surface area contributed by atoms with E-state index in [9.17, 15) is 4.80 Å². The van der Waals surface area contributed by atoms with E-state index in [1.807, 2.05) is 0 Å². The summed E-state index contributed by atoms with van der Waals surface area (Å²) in [6, 6.07) is 22.4. The molecule has 0 atom stereocenters. The quantitative estimate of drug-likeness (QED) is 0.631. The lowest BCUT2D eigenvalue weighted by Crippen LogP contribution is -2.83. The lowest BCUT2D eigenvalue weighted by atomic mass is 10.4. The molecule has 0 unspecified atom stereocenters. The lowest BCUT2D eigenvalue weighted by Gasteiger charge is -2.65. The normalized spacial score (nSPS) is 14.3. The molecule has 2 aromatic carbocycles. The van der Waals surface area contributed by atoms with Crippen LogP contribution < -0.4 is 10.4 Å². The Morgan fingerprint density at radius 3 is 1.07 bits per heavy atom. The molecule has 1 N–H and O–H groups in total. The molecule has 0 aliphatic rings. The molecule has 1 nitrogen and oxygen atoms in total. The topological polar surface area (TPSA) is 20.2 Å². The Labute approximate surface area is 171 Å². The van der Waals surface area contributed by atoms with Crippen molar-refractivity contribution in [2.45, 2.75) is 62.8 Å². The van der Waals surface area contributed by atoms with E-state index in [4.69, 9.17) is 0 Å². The fourth-order valence-electron chi connectivity index (χ4n) is 7.21. The largest absolute Gasteiger partial charge is 0.433 e. The van der Waals surface area contributed by atoms with E-state index in [1.54, 1.807) is 0 Å². The lowest BCUT2D eigenvalue weighted by molar-refractivity contribution is 0.544. The predicted molar refractivity (Wildman–Crippen MR) is 133 cm³/mol. The summed E-state index contributed by atoms with van der Waals surface area (Å²) in [5.74, 6) is 0. The molecule has 0 saturated heterocycles. The van der Waals surface area contributed by atoms with Gasteiger partial charge in [0, 0.05) is 16.1 Å². The van der Waals surface area contributed by atoms with Crippen molar-refractivity contribution in [3.05, 3.63) is 60.7 Å². The molecule has 0 saturated carbocycles. The summed E-state index contributed by atoms with van der Waals surface area (Å²) in [6.45, 7) is 22.2. The minimum absolute atomic E-state index is 0.0860. The van der Waals surface area contributed by atoms with Crippen LogP contribution in [0.5, 0.6) is 0 Å². The first-order valence-corrected chi connectivity index (χ1v) is 22.5. The first kappa shape index (κ1) is 22.6. The molecule has 0 aliphatic carbocycles. The molecule has 0 spiro atoms. The molecular weight excluding hydrogens is 393 g/mol. The van der Waals surface area contributed by atoms with Crippen molar-refractivity contribution in [2.24, 2.45) is 0 Å². The maximum atomic E-state index is 12.1. The molecular formula is C22H38OSi4. The van der Waals surface area contributed by atoms with Crippen LogP contribution in [0.3, 0.4) is 0 Å². The Morgan fingerprint density at radius 2 is 0.852 bits per heavy atom. The highest BCUT2D eigenvalue weighted by Crippen LogP contribution is 2.58. The highest BCUT2D eigenvalue weighted by Gasteiger charge is 2.71. The van der Waals surface area contributed by atoms with Gasteiger partial charge in [0.15, 0.2) is 8.32 Å². The molecule has 0 aliphatic heterocycles. The van der Waals surface area contributed by atoms with Crippen molar-refractivity contribution in [1.29, 1.82) is 0 Å². The minimum atomic E-state index is -2.52. The summed E-state index contributed by atoms with van der Waals surface area (Å²) in [5, 5.41) is 2.96. The van der Waals surface area contributed by atoms with Gasteiger partial charge in [-0.2, -0.15) is 0 Å². The highest BCUT2D eigenvalue weighted by molar-refractivity contribution is 7.34. The Hall–Kier alpha value is -0.732. The van der Waals surface area contributed by atoms with Gasteiger partial charge in [-0.15, -0.1) is 0 Å². The van der Waals surface area contributed by atoms with Gasteiger partial charge in [0.2, 0.25) is 0 Å². The van der Waals surface area contributed by atoms with E-state index in [1.165, 1.54) is 10.4 Å². The first-order valence-electron chi connectivity index (χ1n) is 10.0. The SMILES string of the molecule is C[Si](C)(C)C([Si](C)(C)C)([Si](C)(C)O)[Si](C)(c1ccccc1)c1ccccc1. The number of benzene rings is 2. The average molecular weight is 431 g/mol. The molecule has 2 rings (SSSR count). The smallest absolute Gasteiger partial charge is 0.181 e. The Bertz CT molecular complexity index is 677. The predicted octanol–water partition coefficient (Wildman–Crippen LogP) is 5.11. The standard InChI is InChI=1S/C22H38OSi4/c1-24(2,3)22(25(4,5)6,26(7,8)23)27(9,20-16-12-10-13-17-20)21-18-14-11-15-19-21/h10-19,23H,1-9H3. The van der Waals surface area contributed by atoms with E-state index in [-0.39, 0.29) is 3.91 Å². The van der Waals surface area contributed by atoms with Gasteiger partial charge >= 0.3 is 0 Å². The maximum Gasteiger partial charge on any atom is 0.181 e. The van der Waals surface area contributed by atoms with Gasteiger partial charge in [-0.25, -0.2) is 0 Å². The van der Waals surface area contributed by atoms with Crippen LogP contribution in [0.4, 0.5) is 0 Å². The first-order chi connectivity index (χ1) is 12.2. The third kappa shape index (κ3) is 3.42. The second-order valence-corrected chi connectivity index (χ2v) is 32.2. The van der Waals surface area contributed by atoms with Crippen molar-refractivity contribution in [1.82, 2.24) is 0 Å². The molecule has 0 radical (unpaired) electrons. The Morgan fingerprint density at radius 1 is 0.556 bits per heavy atom. The van der Waals surface area contributed by atoms with E-state index in [2.05, 4.69) is 120 Å². The molecule has 27 heavy (non-hydrogen) atoms. The zero-order valence-corrected chi connectivity index (χ0v) is 22.7. The van der Waals surface area contributed by atoms with Crippen molar-refractivity contribution in [2.75, 3.05) is 0 Å². The van der Waals surface area contributed by atoms with Crippen molar-refractivity contribution < 1.29 is 4.80 Å². The fraction of sp³-hybridized carbons (Fsp3) is 0.455. The summed E-state index contributed by atoms with van der Waals surface area (Å²) in [4.78, 5) is 12.1. The highest BCUT2D eigenvalue weighted by atomic mass is 28.5. The Kier molecular flexibility index (Phi) is 6.07. The van der Waals surface area contributed by atoms with Crippen LogP contribution in [0, 0.1) is 0 Å². The van der Waals surface area contributed by atoms with Crippen molar-refractivity contribution in [3.8, 4) is 0 Å². The summed E-state index contributed by atoms with van der Waals surface area (Å²) >= 11 is 0. The molecule has 0 amide bonds. The van der Waals surface area contributed by atoms with Gasteiger partial charge in [0.25, 0.3) is 0 Å². The van der Waals surface area contributed by atoms with Crippen molar-refractivity contribution >= 4 is 42.9 Å². The van der Waals surface area contributed by atoms with E-state index < -0.39 is 32.5 Å². The second-order valence-electron chi connectivity index (χ2n) is 10.7. The Balaban J connectivity index is 3.11. The molecule has 148 valence electrons. The fourth-order valence-corrected chi connectivity index (χ4v) is 53.3. The van der Waals surface area contributed by atoms with Gasteiger partial charge < -0.3 is 4.80 Å². The third-order valence-corrected chi connectivity index (χ3v) is 40.9. The van der Waals surface area contributed by atoms with E-state index in [0.717, 1.165) is 0 Å². The van der Waals surface area contributed by atoms with Crippen LogP contribution in [-0.4, -0.2) is 37.3 Å². The summed E-state index contributed by atoms with van der Waals surface area (Å²) < 4.78 is 0.0860. The molecule has 2 aromatic rings. The van der Waals surface area contributed by atoms with E-state index in [0.29, 0.717) is 0 Å². The molecule has 0 bridgehead atoms. The minimum Gasteiger partial charge on any atom is -0.433 e. The van der Waals surface area contributed by atoms with Crippen LogP contribution in [-0.2, 0) is 0 Å². The molecule has 5 heteroatoms. The van der Waals surface area contributed by atoms with Crippen LogP contribution in [0.25, 0.3) is 0 Å². The molecule has 0 fully saturated rings. The summed E-state index contributed by atoms with van der Waals surface area (Å²) in [5.41, 5.74) is 0. The van der Waals surface area contributed by atoms with Crippen LogP contribution in [0.15, 0.2) is 60.7 Å². The van der Waals surface area contributed by atoms with Gasteiger partial charge in [-0.1, -0.05) is 117 Å². The van der Waals surface area contributed by atoms with Gasteiger partial charge in [0.1, 0.15) is 8.07 Å². The second kappa shape index (κ2) is 7.26. The number of hydrogen-bond acceptors (Lipinski definition) is 1. The van der Waals surface area contributed by atoms with Gasteiger partial charge in [0.05, 0.1) is 0 Å². The van der Waals surface area contributed by atoms with Crippen LogP contribution >= 0.6 is 0 Å². The molecule has 0 aromatic heterocycles. The zero-order chi connectivity index (χ0) is 20.7. The van der Waals surface area contributed by atoms with Gasteiger partial charge in [-0.3, -0.25) is 0 Å².